The van der Waals surface area contributed by atoms with Gasteiger partial charge in [0.2, 0.25) is 0 Å². The van der Waals surface area contributed by atoms with Crippen molar-refractivity contribution in [3.63, 3.8) is 0 Å². The molecule has 1 aromatic rings. The summed E-state index contributed by atoms with van der Waals surface area (Å²) >= 11 is 0. The number of aliphatic hydroxyl groups excluding tert-OH is 1. The molecule has 1 atom stereocenters. The van der Waals surface area contributed by atoms with Crippen LogP contribution in [0.4, 0.5) is 0 Å². The zero-order valence-electron chi connectivity index (χ0n) is 9.29. The molecule has 0 amide bonds. The molecule has 0 aliphatic heterocycles. The molecule has 14 heavy (non-hydrogen) atoms. The van der Waals surface area contributed by atoms with Gasteiger partial charge >= 0.3 is 0 Å². The molecule has 0 radical (unpaired) electrons. The summed E-state index contributed by atoms with van der Waals surface area (Å²) in [7, 11) is 1.51. The first-order valence-electron chi connectivity index (χ1n) is 4.91. The van der Waals surface area contributed by atoms with Gasteiger partial charge in [0.05, 0.1) is 0 Å². The lowest BCUT2D eigenvalue weighted by Gasteiger charge is -2.14. The molecule has 1 N–H and O–H groups in total. The van der Waals surface area contributed by atoms with Crippen LogP contribution in [0, 0.1) is 13.8 Å². The van der Waals surface area contributed by atoms with Gasteiger partial charge < -0.3 is 9.84 Å². The highest BCUT2D eigenvalue weighted by molar-refractivity contribution is 5.38. The van der Waals surface area contributed by atoms with Gasteiger partial charge in [-0.15, -0.1) is 0 Å². The van der Waals surface area contributed by atoms with Crippen LogP contribution in [-0.4, -0.2) is 12.2 Å². The van der Waals surface area contributed by atoms with E-state index in [9.17, 15) is 5.11 Å². The molecule has 0 bridgehead atoms. The summed E-state index contributed by atoms with van der Waals surface area (Å²) in [5.41, 5.74) is 4.62. The van der Waals surface area contributed by atoms with Crippen LogP contribution in [0.25, 0.3) is 0 Å². The number of methoxy groups -OCH3 is 1. The van der Waals surface area contributed by atoms with Gasteiger partial charge in [-0.25, -0.2) is 0 Å². The minimum Gasteiger partial charge on any atom is -0.364 e. The minimum absolute atomic E-state index is 0.806. The number of aliphatic hydroxyl groups is 1. The number of aryl methyl sites for hydroxylation is 2. The number of benzene rings is 1. The number of hydrogen-bond acceptors (Lipinski definition) is 2. The first-order valence-corrected chi connectivity index (χ1v) is 4.91. The molecule has 78 valence electrons. The van der Waals surface area contributed by atoms with E-state index in [4.69, 9.17) is 4.74 Å². The van der Waals surface area contributed by atoms with Crippen LogP contribution in [0.1, 0.15) is 35.5 Å². The smallest absolute Gasteiger partial charge is 0.180 e. The molecule has 0 spiro atoms. The Balaban J connectivity index is 3.16. The molecule has 1 unspecified atom stereocenters. The Morgan fingerprint density at radius 1 is 1.36 bits per heavy atom. The lowest BCUT2D eigenvalue weighted by Crippen LogP contribution is -2.02. The Labute approximate surface area is 85.5 Å². The Hall–Kier alpha value is -0.860. The van der Waals surface area contributed by atoms with Crippen molar-refractivity contribution >= 4 is 0 Å². The number of ether oxygens (including phenoxy) is 1. The van der Waals surface area contributed by atoms with E-state index in [-0.39, 0.29) is 0 Å². The molecule has 0 heterocycles. The van der Waals surface area contributed by atoms with Gasteiger partial charge in [-0.1, -0.05) is 19.1 Å². The van der Waals surface area contributed by atoms with Crippen LogP contribution < -0.4 is 0 Å². The summed E-state index contributed by atoms with van der Waals surface area (Å²) in [4.78, 5) is 0. The van der Waals surface area contributed by atoms with Crippen LogP contribution in [-0.2, 0) is 11.2 Å². The van der Waals surface area contributed by atoms with E-state index in [2.05, 4.69) is 20.8 Å². The maximum absolute atomic E-state index is 9.54. The average molecular weight is 194 g/mol. The monoisotopic (exact) mass is 194 g/mol. The van der Waals surface area contributed by atoms with Crippen molar-refractivity contribution in [2.75, 3.05) is 7.11 Å². The van der Waals surface area contributed by atoms with E-state index < -0.39 is 6.29 Å². The topological polar surface area (TPSA) is 29.5 Å². The van der Waals surface area contributed by atoms with Crippen LogP contribution >= 0.6 is 0 Å². The fraction of sp³-hybridized carbons (Fsp3) is 0.500. The normalized spacial score (nSPS) is 12.9. The third kappa shape index (κ3) is 2.14. The molecule has 0 aliphatic rings. The highest BCUT2D eigenvalue weighted by Crippen LogP contribution is 2.21. The number of rotatable bonds is 3. The van der Waals surface area contributed by atoms with E-state index >= 15 is 0 Å². The highest BCUT2D eigenvalue weighted by Gasteiger charge is 2.09. The Bertz CT molecular complexity index is 318. The van der Waals surface area contributed by atoms with Gasteiger partial charge in [-0.2, -0.15) is 0 Å². The van der Waals surface area contributed by atoms with Crippen LogP contribution in [0.2, 0.25) is 0 Å². The summed E-state index contributed by atoms with van der Waals surface area (Å²) in [6, 6.07) is 3.99. The van der Waals surface area contributed by atoms with E-state index in [1.54, 1.807) is 0 Å². The Morgan fingerprint density at radius 3 is 2.50 bits per heavy atom. The summed E-state index contributed by atoms with van der Waals surface area (Å²) in [6.07, 6.45) is 0.177. The van der Waals surface area contributed by atoms with Gasteiger partial charge in [0.15, 0.2) is 6.29 Å². The van der Waals surface area contributed by atoms with E-state index in [1.165, 1.54) is 23.8 Å². The maximum atomic E-state index is 9.54. The van der Waals surface area contributed by atoms with E-state index in [1.807, 2.05) is 12.1 Å². The average Bonchev–Trinajstić information content (AvgIpc) is 2.20. The van der Waals surface area contributed by atoms with Crippen LogP contribution in [0.5, 0.6) is 0 Å². The van der Waals surface area contributed by atoms with Gasteiger partial charge in [0.25, 0.3) is 0 Å². The third-order valence-corrected chi connectivity index (χ3v) is 2.69. The fourth-order valence-corrected chi connectivity index (χ4v) is 1.61. The standard InChI is InChI=1S/C12H18O2/c1-5-10-7-11(12(13)14-4)6-8(2)9(10)3/h6-7,12-13H,5H2,1-4H3. The SMILES string of the molecule is CCc1cc(C(O)OC)cc(C)c1C. The second kappa shape index (κ2) is 4.58. The number of hydrogen-bond donors (Lipinski definition) is 1. The zero-order valence-corrected chi connectivity index (χ0v) is 9.29. The van der Waals surface area contributed by atoms with Crippen molar-refractivity contribution in [1.82, 2.24) is 0 Å². The van der Waals surface area contributed by atoms with Gasteiger partial charge in [-0.3, -0.25) is 0 Å². The Morgan fingerprint density at radius 2 is 2.00 bits per heavy atom. The van der Waals surface area contributed by atoms with Gasteiger partial charge in [-0.05, 0) is 37.0 Å². The second-order valence-electron chi connectivity index (χ2n) is 3.56. The molecule has 1 rings (SSSR count). The molecule has 0 aliphatic carbocycles. The van der Waals surface area contributed by atoms with E-state index in [0.717, 1.165) is 12.0 Å². The molecule has 2 heteroatoms. The van der Waals surface area contributed by atoms with Crippen molar-refractivity contribution in [2.45, 2.75) is 33.5 Å². The summed E-state index contributed by atoms with van der Waals surface area (Å²) in [5.74, 6) is 0. The predicted octanol–water partition coefficient (Wildman–Crippen LogP) is 2.50. The van der Waals surface area contributed by atoms with Crippen LogP contribution in [0.15, 0.2) is 12.1 Å². The maximum Gasteiger partial charge on any atom is 0.180 e. The molecular formula is C12H18O2. The van der Waals surface area contributed by atoms with Gasteiger partial charge in [0.1, 0.15) is 0 Å². The molecule has 0 aromatic heterocycles. The van der Waals surface area contributed by atoms with Crippen LogP contribution in [0.3, 0.4) is 0 Å². The summed E-state index contributed by atoms with van der Waals surface area (Å²) in [5, 5.41) is 9.54. The first kappa shape index (κ1) is 11.2. The molecule has 1 aromatic carbocycles. The largest absolute Gasteiger partial charge is 0.364 e. The lowest BCUT2D eigenvalue weighted by molar-refractivity contribution is -0.0770. The Kier molecular flexibility index (Phi) is 3.67. The van der Waals surface area contributed by atoms with Gasteiger partial charge in [0, 0.05) is 12.7 Å². The van der Waals surface area contributed by atoms with E-state index in [0.29, 0.717) is 0 Å². The molecule has 0 fully saturated rings. The fourth-order valence-electron chi connectivity index (χ4n) is 1.61. The van der Waals surface area contributed by atoms with Crippen molar-refractivity contribution < 1.29 is 9.84 Å². The molecule has 0 saturated carbocycles. The summed E-state index contributed by atoms with van der Waals surface area (Å²) in [6.45, 7) is 6.28. The highest BCUT2D eigenvalue weighted by atomic mass is 16.6. The molecule has 0 saturated heterocycles. The molecule has 2 nitrogen and oxygen atoms in total. The van der Waals surface area contributed by atoms with Crippen molar-refractivity contribution in [3.8, 4) is 0 Å². The zero-order chi connectivity index (χ0) is 10.7. The first-order chi connectivity index (χ1) is 6.60. The van der Waals surface area contributed by atoms with Crippen molar-refractivity contribution in [1.29, 1.82) is 0 Å². The molecular weight excluding hydrogens is 176 g/mol. The summed E-state index contributed by atoms with van der Waals surface area (Å²) < 4.78 is 4.89. The lowest BCUT2D eigenvalue weighted by atomic mass is 9.98. The van der Waals surface area contributed by atoms with Crippen molar-refractivity contribution in [2.24, 2.45) is 0 Å². The quantitative estimate of drug-likeness (QED) is 0.749. The van der Waals surface area contributed by atoms with Crippen molar-refractivity contribution in [3.05, 3.63) is 34.4 Å². The second-order valence-corrected chi connectivity index (χ2v) is 3.56. The minimum atomic E-state index is -0.806. The third-order valence-electron chi connectivity index (χ3n) is 2.69. The predicted molar refractivity (Wildman–Crippen MR) is 57.3 cm³/mol.